The van der Waals surface area contributed by atoms with E-state index in [9.17, 15) is 5.11 Å². The predicted octanol–water partition coefficient (Wildman–Crippen LogP) is 3.03. The van der Waals surface area contributed by atoms with Gasteiger partial charge in [-0.1, -0.05) is 36.8 Å². The van der Waals surface area contributed by atoms with Crippen molar-refractivity contribution in [2.45, 2.75) is 38.2 Å². The van der Waals surface area contributed by atoms with E-state index in [4.69, 9.17) is 0 Å². The normalized spacial score (nSPS) is 34.2. The first-order chi connectivity index (χ1) is 7.83. The van der Waals surface area contributed by atoms with E-state index in [2.05, 4.69) is 24.3 Å². The minimum absolute atomic E-state index is 0.113. The van der Waals surface area contributed by atoms with E-state index < -0.39 is 0 Å². The number of aliphatic hydroxyl groups excluding tert-OH is 1. The van der Waals surface area contributed by atoms with Crippen molar-refractivity contribution in [3.05, 3.63) is 35.9 Å². The van der Waals surface area contributed by atoms with Crippen molar-refractivity contribution < 1.29 is 5.11 Å². The molecule has 16 heavy (non-hydrogen) atoms. The molecule has 1 aromatic rings. The molecule has 1 N–H and O–H groups in total. The maximum atomic E-state index is 10.3. The lowest BCUT2D eigenvalue weighted by atomic mass is 9.82. The molecule has 2 saturated carbocycles. The van der Waals surface area contributed by atoms with Crippen molar-refractivity contribution in [1.82, 2.24) is 0 Å². The van der Waals surface area contributed by atoms with E-state index in [-0.39, 0.29) is 6.10 Å². The van der Waals surface area contributed by atoms with Gasteiger partial charge in [-0.25, -0.2) is 0 Å². The fourth-order valence-corrected chi connectivity index (χ4v) is 3.77. The molecular weight excluding hydrogens is 196 g/mol. The summed E-state index contributed by atoms with van der Waals surface area (Å²) in [4.78, 5) is 0. The third-order valence-electron chi connectivity index (χ3n) is 4.57. The highest BCUT2D eigenvalue weighted by Crippen LogP contribution is 2.49. The largest absolute Gasteiger partial charge is 0.392 e. The van der Waals surface area contributed by atoms with Crippen LogP contribution in [0.4, 0.5) is 0 Å². The first kappa shape index (κ1) is 10.3. The minimum Gasteiger partial charge on any atom is -0.392 e. The minimum atomic E-state index is -0.113. The zero-order valence-corrected chi connectivity index (χ0v) is 9.68. The third-order valence-corrected chi connectivity index (χ3v) is 4.57. The van der Waals surface area contributed by atoms with Gasteiger partial charge in [-0.15, -0.1) is 0 Å². The number of fused-ring (bicyclic) bond motifs is 2. The van der Waals surface area contributed by atoms with Gasteiger partial charge in [0.25, 0.3) is 0 Å². The molecule has 0 saturated heterocycles. The molecule has 3 rings (SSSR count). The molecule has 2 aliphatic rings. The Hall–Kier alpha value is -0.820. The summed E-state index contributed by atoms with van der Waals surface area (Å²) < 4.78 is 0. The van der Waals surface area contributed by atoms with Gasteiger partial charge in [0, 0.05) is 0 Å². The number of rotatable bonds is 3. The Morgan fingerprint density at radius 2 is 1.94 bits per heavy atom. The van der Waals surface area contributed by atoms with Crippen molar-refractivity contribution in [3.63, 3.8) is 0 Å². The average molecular weight is 216 g/mol. The van der Waals surface area contributed by atoms with Crippen molar-refractivity contribution in [3.8, 4) is 0 Å². The topological polar surface area (TPSA) is 20.2 Å². The van der Waals surface area contributed by atoms with Gasteiger partial charge >= 0.3 is 0 Å². The Kier molecular flexibility index (Phi) is 2.72. The van der Waals surface area contributed by atoms with Crippen molar-refractivity contribution in [1.29, 1.82) is 0 Å². The molecule has 86 valence electrons. The predicted molar refractivity (Wildman–Crippen MR) is 65.1 cm³/mol. The lowest BCUT2D eigenvalue weighted by Crippen LogP contribution is -2.27. The van der Waals surface area contributed by atoms with Gasteiger partial charge < -0.3 is 5.11 Å². The summed E-state index contributed by atoms with van der Waals surface area (Å²) in [5, 5.41) is 10.3. The van der Waals surface area contributed by atoms with Crippen LogP contribution in [-0.2, 0) is 6.42 Å². The summed E-state index contributed by atoms with van der Waals surface area (Å²) in [5.74, 6) is 2.34. The molecule has 4 unspecified atom stereocenters. The molecule has 4 atom stereocenters. The number of hydrogen-bond acceptors (Lipinski definition) is 1. The number of benzene rings is 1. The molecule has 1 nitrogen and oxygen atoms in total. The zero-order chi connectivity index (χ0) is 11.0. The van der Waals surface area contributed by atoms with Crippen LogP contribution in [0.25, 0.3) is 0 Å². The summed E-state index contributed by atoms with van der Waals surface area (Å²) in [6, 6.07) is 10.4. The van der Waals surface area contributed by atoms with Crippen LogP contribution >= 0.6 is 0 Å². The molecule has 0 aliphatic heterocycles. The molecule has 0 spiro atoms. The van der Waals surface area contributed by atoms with Crippen LogP contribution in [0, 0.1) is 17.8 Å². The molecule has 2 bridgehead atoms. The highest BCUT2D eigenvalue weighted by molar-refractivity contribution is 5.16. The average Bonchev–Trinajstić information content (AvgIpc) is 2.92. The lowest BCUT2D eigenvalue weighted by Gasteiger charge is -2.26. The second-order valence-electron chi connectivity index (χ2n) is 5.60. The summed E-state index contributed by atoms with van der Waals surface area (Å²) in [5.41, 5.74) is 1.28. The molecule has 1 heteroatoms. The third kappa shape index (κ3) is 1.89. The van der Waals surface area contributed by atoms with Gasteiger partial charge in [-0.05, 0) is 49.0 Å². The maximum absolute atomic E-state index is 10.3. The van der Waals surface area contributed by atoms with E-state index >= 15 is 0 Å². The van der Waals surface area contributed by atoms with E-state index in [1.54, 1.807) is 0 Å². The van der Waals surface area contributed by atoms with Gasteiger partial charge in [0.1, 0.15) is 0 Å². The molecule has 0 amide bonds. The summed E-state index contributed by atoms with van der Waals surface area (Å²) in [6.07, 6.45) is 6.17. The van der Waals surface area contributed by atoms with Gasteiger partial charge in [0.15, 0.2) is 0 Å². The SMILES string of the molecule is OC(Cc1ccccc1)C1CC2CCC1C2. The van der Waals surface area contributed by atoms with Crippen molar-refractivity contribution in [2.75, 3.05) is 0 Å². The fourth-order valence-electron chi connectivity index (χ4n) is 3.77. The van der Waals surface area contributed by atoms with Crippen LogP contribution in [0.2, 0.25) is 0 Å². The molecule has 2 fully saturated rings. The summed E-state index contributed by atoms with van der Waals surface area (Å²) in [6.45, 7) is 0. The number of hydrogen-bond donors (Lipinski definition) is 1. The van der Waals surface area contributed by atoms with E-state index in [1.165, 1.54) is 31.2 Å². The summed E-state index contributed by atoms with van der Waals surface area (Å²) >= 11 is 0. The Morgan fingerprint density at radius 3 is 2.56 bits per heavy atom. The number of aliphatic hydroxyl groups is 1. The molecule has 2 aliphatic carbocycles. The van der Waals surface area contributed by atoms with E-state index in [1.807, 2.05) is 6.07 Å². The fraction of sp³-hybridized carbons (Fsp3) is 0.600. The Labute approximate surface area is 97.5 Å². The maximum Gasteiger partial charge on any atom is 0.0611 e. The Balaban J connectivity index is 1.64. The van der Waals surface area contributed by atoms with Gasteiger partial charge in [0.2, 0.25) is 0 Å². The van der Waals surface area contributed by atoms with Crippen LogP contribution in [0.1, 0.15) is 31.2 Å². The van der Waals surface area contributed by atoms with E-state index in [0.717, 1.165) is 18.3 Å². The zero-order valence-electron chi connectivity index (χ0n) is 9.68. The van der Waals surface area contributed by atoms with Crippen LogP contribution in [0.5, 0.6) is 0 Å². The monoisotopic (exact) mass is 216 g/mol. The van der Waals surface area contributed by atoms with Gasteiger partial charge in [-0.3, -0.25) is 0 Å². The Morgan fingerprint density at radius 1 is 1.12 bits per heavy atom. The second-order valence-corrected chi connectivity index (χ2v) is 5.60. The molecule has 0 heterocycles. The standard InChI is InChI=1S/C15H20O/c16-15(10-11-4-2-1-3-5-11)14-9-12-6-7-13(14)8-12/h1-5,12-16H,6-10H2. The molecule has 1 aromatic carbocycles. The van der Waals surface area contributed by atoms with Crippen LogP contribution in [0.15, 0.2) is 30.3 Å². The lowest BCUT2D eigenvalue weighted by molar-refractivity contribution is 0.0751. The van der Waals surface area contributed by atoms with Crippen molar-refractivity contribution in [2.24, 2.45) is 17.8 Å². The second kappa shape index (κ2) is 4.21. The van der Waals surface area contributed by atoms with Crippen molar-refractivity contribution >= 4 is 0 Å². The van der Waals surface area contributed by atoms with Crippen LogP contribution in [-0.4, -0.2) is 11.2 Å². The summed E-state index contributed by atoms with van der Waals surface area (Å²) in [7, 11) is 0. The highest BCUT2D eigenvalue weighted by atomic mass is 16.3. The van der Waals surface area contributed by atoms with Crippen LogP contribution < -0.4 is 0 Å². The smallest absolute Gasteiger partial charge is 0.0611 e. The van der Waals surface area contributed by atoms with Gasteiger partial charge in [0.05, 0.1) is 6.10 Å². The van der Waals surface area contributed by atoms with Crippen LogP contribution in [0.3, 0.4) is 0 Å². The molecule has 0 aromatic heterocycles. The quantitative estimate of drug-likeness (QED) is 0.823. The molecule has 0 radical (unpaired) electrons. The highest BCUT2D eigenvalue weighted by Gasteiger charge is 2.42. The van der Waals surface area contributed by atoms with Gasteiger partial charge in [-0.2, -0.15) is 0 Å². The molecular formula is C15H20O. The first-order valence-electron chi connectivity index (χ1n) is 6.55. The van der Waals surface area contributed by atoms with E-state index in [0.29, 0.717) is 5.92 Å². The Bertz CT molecular complexity index is 346. The first-order valence-corrected chi connectivity index (χ1v) is 6.55.